The third-order valence-electron chi connectivity index (χ3n) is 3.26. The molecule has 0 aliphatic carbocycles. The summed E-state index contributed by atoms with van der Waals surface area (Å²) in [5.74, 6) is -0.398. The van der Waals surface area contributed by atoms with Gasteiger partial charge in [0.25, 0.3) is 0 Å². The lowest BCUT2D eigenvalue weighted by Crippen LogP contribution is -2.23. The van der Waals surface area contributed by atoms with Crippen molar-refractivity contribution in [2.75, 3.05) is 6.54 Å². The molecule has 0 aromatic heterocycles. The summed E-state index contributed by atoms with van der Waals surface area (Å²) in [6.45, 7) is 2.80. The Labute approximate surface area is 142 Å². The van der Waals surface area contributed by atoms with E-state index in [1.165, 1.54) is 6.07 Å². The van der Waals surface area contributed by atoms with Gasteiger partial charge in [0.05, 0.1) is 10.0 Å². The minimum Gasteiger partial charge on any atom is -0.310 e. The van der Waals surface area contributed by atoms with Crippen LogP contribution in [0.25, 0.3) is 0 Å². The molecule has 1 unspecified atom stereocenters. The smallest absolute Gasteiger partial charge is 0.142 e. The normalized spacial score (nSPS) is 12.4. The van der Waals surface area contributed by atoms with Crippen molar-refractivity contribution in [2.24, 2.45) is 0 Å². The Bertz CT molecular complexity index is 634. The summed E-state index contributed by atoms with van der Waals surface area (Å²) < 4.78 is 14.4. The fourth-order valence-electron chi connectivity index (χ4n) is 2.25. The Kier molecular flexibility index (Phi) is 6.06. The first-order chi connectivity index (χ1) is 10.0. The molecule has 1 atom stereocenters. The van der Waals surface area contributed by atoms with Crippen LogP contribution in [0, 0.1) is 5.82 Å². The van der Waals surface area contributed by atoms with Crippen molar-refractivity contribution in [3.63, 3.8) is 0 Å². The summed E-state index contributed by atoms with van der Waals surface area (Å²) in [6.07, 6.45) is 0.570. The van der Waals surface area contributed by atoms with Gasteiger partial charge in [-0.05, 0) is 52.2 Å². The van der Waals surface area contributed by atoms with Crippen LogP contribution in [-0.2, 0) is 6.42 Å². The van der Waals surface area contributed by atoms with E-state index in [2.05, 4.69) is 21.2 Å². The van der Waals surface area contributed by atoms with Gasteiger partial charge in [-0.3, -0.25) is 0 Å². The van der Waals surface area contributed by atoms with Gasteiger partial charge in [0.1, 0.15) is 5.82 Å². The topological polar surface area (TPSA) is 12.0 Å². The standard InChI is InChI=1S/C16H15BrCl2FN/c1-2-21-14(11-6-4-7-12(17)16(11)19)9-10-5-3-8-13(20)15(10)18/h3-8,14,21H,2,9H2,1H3. The van der Waals surface area contributed by atoms with Crippen LogP contribution in [-0.4, -0.2) is 6.54 Å². The molecule has 2 aromatic carbocycles. The molecule has 2 aromatic rings. The van der Waals surface area contributed by atoms with Crippen molar-refractivity contribution in [2.45, 2.75) is 19.4 Å². The highest BCUT2D eigenvalue weighted by atomic mass is 79.9. The van der Waals surface area contributed by atoms with E-state index >= 15 is 0 Å². The lowest BCUT2D eigenvalue weighted by molar-refractivity contribution is 0.547. The molecule has 0 aliphatic heterocycles. The number of halogens is 4. The first-order valence-electron chi connectivity index (χ1n) is 6.64. The molecule has 0 heterocycles. The molecule has 0 bridgehead atoms. The summed E-state index contributed by atoms with van der Waals surface area (Å²) in [7, 11) is 0. The fraction of sp³-hybridized carbons (Fsp3) is 0.250. The summed E-state index contributed by atoms with van der Waals surface area (Å²) in [5.41, 5.74) is 1.73. The molecule has 0 amide bonds. The number of hydrogen-bond acceptors (Lipinski definition) is 1. The van der Waals surface area contributed by atoms with Crippen LogP contribution in [0.2, 0.25) is 10.0 Å². The van der Waals surface area contributed by atoms with Gasteiger partial charge in [0, 0.05) is 10.5 Å². The van der Waals surface area contributed by atoms with Gasteiger partial charge < -0.3 is 5.32 Å². The predicted molar refractivity (Wildman–Crippen MR) is 90.7 cm³/mol. The average molecular weight is 391 g/mol. The Morgan fingerprint density at radius 2 is 1.86 bits per heavy atom. The quantitative estimate of drug-likeness (QED) is 0.681. The van der Waals surface area contributed by atoms with Crippen LogP contribution >= 0.6 is 39.1 Å². The third kappa shape index (κ3) is 3.98. The Balaban J connectivity index is 2.35. The van der Waals surface area contributed by atoms with E-state index in [1.807, 2.05) is 31.2 Å². The SMILES string of the molecule is CCNC(Cc1cccc(F)c1Cl)c1cccc(Br)c1Cl. The maximum atomic E-state index is 13.6. The van der Waals surface area contributed by atoms with Crippen LogP contribution in [0.15, 0.2) is 40.9 Å². The van der Waals surface area contributed by atoms with Gasteiger partial charge in [0.15, 0.2) is 0 Å². The Morgan fingerprint density at radius 1 is 1.14 bits per heavy atom. The van der Waals surface area contributed by atoms with Gasteiger partial charge in [-0.1, -0.05) is 54.4 Å². The molecule has 21 heavy (non-hydrogen) atoms. The molecule has 112 valence electrons. The summed E-state index contributed by atoms with van der Waals surface area (Å²) in [4.78, 5) is 0. The first-order valence-corrected chi connectivity index (χ1v) is 8.19. The van der Waals surface area contributed by atoms with Crippen molar-refractivity contribution in [3.05, 3.63) is 67.9 Å². The van der Waals surface area contributed by atoms with Crippen LogP contribution < -0.4 is 5.32 Å². The van der Waals surface area contributed by atoms with Gasteiger partial charge in [-0.15, -0.1) is 0 Å². The van der Waals surface area contributed by atoms with Crippen molar-refractivity contribution < 1.29 is 4.39 Å². The second kappa shape index (κ2) is 7.59. The van der Waals surface area contributed by atoms with Crippen molar-refractivity contribution in [1.29, 1.82) is 0 Å². The zero-order valence-corrected chi connectivity index (χ0v) is 14.6. The van der Waals surface area contributed by atoms with E-state index in [0.29, 0.717) is 11.4 Å². The molecule has 0 spiro atoms. The number of nitrogens with one attached hydrogen (secondary N) is 1. The van der Waals surface area contributed by atoms with E-state index < -0.39 is 5.82 Å². The molecule has 0 fully saturated rings. The molecular formula is C16H15BrCl2FN. The number of benzene rings is 2. The number of rotatable bonds is 5. The second-order valence-corrected chi connectivity index (χ2v) is 6.28. The largest absolute Gasteiger partial charge is 0.310 e. The molecule has 0 radical (unpaired) electrons. The zero-order chi connectivity index (χ0) is 15.4. The maximum Gasteiger partial charge on any atom is 0.142 e. The fourth-order valence-corrected chi connectivity index (χ4v) is 3.10. The second-order valence-electron chi connectivity index (χ2n) is 4.67. The molecule has 0 aliphatic rings. The highest BCUT2D eigenvalue weighted by Gasteiger charge is 2.18. The Hall–Kier alpha value is -0.610. The monoisotopic (exact) mass is 389 g/mol. The van der Waals surface area contributed by atoms with Crippen LogP contribution in [0.5, 0.6) is 0 Å². The van der Waals surface area contributed by atoms with Gasteiger partial charge in [0.2, 0.25) is 0 Å². The predicted octanol–water partition coefficient (Wildman–Crippen LogP) is 5.79. The molecule has 5 heteroatoms. The van der Waals surface area contributed by atoms with Crippen LogP contribution in [0.4, 0.5) is 4.39 Å². The van der Waals surface area contributed by atoms with E-state index in [-0.39, 0.29) is 11.1 Å². The number of likely N-dealkylation sites (N-methyl/N-ethyl adjacent to an activating group) is 1. The summed E-state index contributed by atoms with van der Waals surface area (Å²) in [6, 6.07) is 10.6. The van der Waals surface area contributed by atoms with Crippen LogP contribution in [0.3, 0.4) is 0 Å². The average Bonchev–Trinajstić information content (AvgIpc) is 2.46. The lowest BCUT2D eigenvalue weighted by atomic mass is 9.98. The lowest BCUT2D eigenvalue weighted by Gasteiger charge is -2.21. The van der Waals surface area contributed by atoms with E-state index in [9.17, 15) is 4.39 Å². The molecular weight excluding hydrogens is 376 g/mol. The number of hydrogen-bond donors (Lipinski definition) is 1. The third-order valence-corrected chi connectivity index (χ3v) is 5.00. The van der Waals surface area contributed by atoms with Gasteiger partial charge >= 0.3 is 0 Å². The van der Waals surface area contributed by atoms with Gasteiger partial charge in [-0.25, -0.2) is 4.39 Å². The highest BCUT2D eigenvalue weighted by Crippen LogP contribution is 2.33. The van der Waals surface area contributed by atoms with Crippen LogP contribution in [0.1, 0.15) is 24.1 Å². The van der Waals surface area contributed by atoms with E-state index in [1.54, 1.807) is 6.07 Å². The van der Waals surface area contributed by atoms with Crippen molar-refractivity contribution >= 4 is 39.1 Å². The zero-order valence-electron chi connectivity index (χ0n) is 11.5. The minimum atomic E-state index is -0.398. The van der Waals surface area contributed by atoms with E-state index in [0.717, 1.165) is 22.1 Å². The maximum absolute atomic E-state index is 13.6. The molecule has 0 saturated heterocycles. The highest BCUT2D eigenvalue weighted by molar-refractivity contribution is 9.10. The van der Waals surface area contributed by atoms with E-state index in [4.69, 9.17) is 23.2 Å². The summed E-state index contributed by atoms with van der Waals surface area (Å²) >= 11 is 15.8. The molecule has 1 nitrogen and oxygen atoms in total. The molecule has 2 rings (SSSR count). The van der Waals surface area contributed by atoms with Gasteiger partial charge in [-0.2, -0.15) is 0 Å². The Morgan fingerprint density at radius 3 is 2.57 bits per heavy atom. The summed E-state index contributed by atoms with van der Waals surface area (Å²) in [5, 5.41) is 4.21. The first kappa shape index (κ1) is 16.8. The van der Waals surface area contributed by atoms with Crippen molar-refractivity contribution in [1.82, 2.24) is 5.32 Å². The minimum absolute atomic E-state index is 0.0284. The van der Waals surface area contributed by atoms with Crippen molar-refractivity contribution in [3.8, 4) is 0 Å². The molecule has 0 saturated carbocycles. The molecule has 1 N–H and O–H groups in total.